The van der Waals surface area contributed by atoms with E-state index >= 15 is 0 Å². The predicted molar refractivity (Wildman–Crippen MR) is 89.9 cm³/mol. The first-order valence-electron chi connectivity index (χ1n) is 7.39. The Balaban J connectivity index is 2.19. The van der Waals surface area contributed by atoms with Gasteiger partial charge in [0.1, 0.15) is 0 Å². The summed E-state index contributed by atoms with van der Waals surface area (Å²) in [6, 6.07) is 4.07. The van der Waals surface area contributed by atoms with Gasteiger partial charge in [0, 0.05) is 37.4 Å². The first kappa shape index (κ1) is 15.9. The molecule has 2 aromatic rings. The second kappa shape index (κ2) is 7.52. The molecule has 2 aromatic heterocycles. The van der Waals surface area contributed by atoms with E-state index < -0.39 is 0 Å². The highest BCUT2D eigenvalue weighted by Gasteiger charge is 2.17. The Labute approximate surface area is 131 Å². The van der Waals surface area contributed by atoms with Crippen LogP contribution in [0.4, 0.5) is 5.13 Å². The third kappa shape index (κ3) is 4.02. The van der Waals surface area contributed by atoms with Crippen LogP contribution < -0.4 is 10.2 Å². The molecular formula is C16H24N4S. The molecule has 4 nitrogen and oxygen atoms in total. The topological polar surface area (TPSA) is 41.1 Å². The molecule has 0 saturated carbocycles. The molecule has 2 rings (SSSR count). The second-order valence-corrected chi connectivity index (χ2v) is 6.42. The highest BCUT2D eigenvalue weighted by atomic mass is 32.1. The number of hydrogen-bond donors (Lipinski definition) is 1. The van der Waals surface area contributed by atoms with Gasteiger partial charge < -0.3 is 10.2 Å². The Morgan fingerprint density at radius 1 is 1.43 bits per heavy atom. The fraction of sp³-hybridized carbons (Fsp3) is 0.500. The molecule has 0 aliphatic rings. The Bertz CT molecular complexity index is 553. The Morgan fingerprint density at radius 3 is 2.86 bits per heavy atom. The summed E-state index contributed by atoms with van der Waals surface area (Å²) in [5.74, 6) is 0.505. The average molecular weight is 304 g/mol. The van der Waals surface area contributed by atoms with Gasteiger partial charge in [-0.15, -0.1) is 11.3 Å². The minimum Gasteiger partial charge on any atom is -0.347 e. The van der Waals surface area contributed by atoms with Crippen molar-refractivity contribution >= 4 is 16.5 Å². The second-order valence-electron chi connectivity index (χ2n) is 5.36. The maximum atomic E-state index is 4.88. The fourth-order valence-corrected chi connectivity index (χ4v) is 3.37. The number of aromatic nitrogens is 2. The van der Waals surface area contributed by atoms with Crippen molar-refractivity contribution in [2.75, 3.05) is 19.0 Å². The maximum Gasteiger partial charge on any atom is 0.185 e. The first-order valence-corrected chi connectivity index (χ1v) is 8.21. The van der Waals surface area contributed by atoms with Crippen molar-refractivity contribution < 1.29 is 0 Å². The van der Waals surface area contributed by atoms with E-state index in [2.05, 4.69) is 42.2 Å². The zero-order chi connectivity index (χ0) is 15.2. The van der Waals surface area contributed by atoms with Gasteiger partial charge in [-0.3, -0.25) is 4.98 Å². The van der Waals surface area contributed by atoms with Crippen molar-refractivity contribution in [3.05, 3.63) is 40.7 Å². The largest absolute Gasteiger partial charge is 0.347 e. The van der Waals surface area contributed by atoms with Crippen LogP contribution in [0.15, 0.2) is 24.5 Å². The number of nitrogens with one attached hydrogen (secondary N) is 1. The Morgan fingerprint density at radius 2 is 2.24 bits per heavy atom. The van der Waals surface area contributed by atoms with Gasteiger partial charge >= 0.3 is 0 Å². The van der Waals surface area contributed by atoms with Crippen LogP contribution in [0, 0.1) is 0 Å². The van der Waals surface area contributed by atoms with Crippen LogP contribution in [0.5, 0.6) is 0 Å². The predicted octanol–water partition coefficient (Wildman–Crippen LogP) is 3.41. The summed E-state index contributed by atoms with van der Waals surface area (Å²) < 4.78 is 0. The number of rotatable bonds is 7. The van der Waals surface area contributed by atoms with Gasteiger partial charge in [-0.2, -0.15) is 0 Å². The number of anilines is 1. The summed E-state index contributed by atoms with van der Waals surface area (Å²) in [4.78, 5) is 12.6. The molecule has 1 unspecified atom stereocenters. The van der Waals surface area contributed by atoms with Gasteiger partial charge in [0.15, 0.2) is 5.13 Å². The molecule has 2 heterocycles. The van der Waals surface area contributed by atoms with Crippen LogP contribution in [-0.2, 0) is 13.1 Å². The summed E-state index contributed by atoms with van der Waals surface area (Å²) in [5, 5.41) is 4.33. The summed E-state index contributed by atoms with van der Waals surface area (Å²) in [7, 11) is 4.08. The molecule has 0 aliphatic heterocycles. The van der Waals surface area contributed by atoms with E-state index in [4.69, 9.17) is 4.98 Å². The van der Waals surface area contributed by atoms with Gasteiger partial charge in [-0.05, 0) is 31.0 Å². The van der Waals surface area contributed by atoms with Crippen molar-refractivity contribution in [1.29, 1.82) is 0 Å². The van der Waals surface area contributed by atoms with Gasteiger partial charge in [-0.25, -0.2) is 4.98 Å². The third-order valence-electron chi connectivity index (χ3n) is 3.60. The lowest BCUT2D eigenvalue weighted by Gasteiger charge is -2.15. The third-order valence-corrected chi connectivity index (χ3v) is 4.79. The number of pyridine rings is 1. The summed E-state index contributed by atoms with van der Waals surface area (Å²) in [6.45, 7) is 6.18. The van der Waals surface area contributed by atoms with Crippen LogP contribution in [-0.4, -0.2) is 24.1 Å². The van der Waals surface area contributed by atoms with Crippen LogP contribution >= 0.6 is 11.3 Å². The zero-order valence-corrected chi connectivity index (χ0v) is 14.1. The summed E-state index contributed by atoms with van der Waals surface area (Å²) >= 11 is 1.79. The molecular weight excluding hydrogens is 280 g/mol. The normalized spacial score (nSPS) is 12.4. The monoisotopic (exact) mass is 304 g/mol. The zero-order valence-electron chi connectivity index (χ0n) is 13.3. The van der Waals surface area contributed by atoms with E-state index in [1.54, 1.807) is 17.5 Å². The van der Waals surface area contributed by atoms with Crippen molar-refractivity contribution in [3.8, 4) is 0 Å². The lowest BCUT2D eigenvalue weighted by atomic mass is 10.0. The van der Waals surface area contributed by atoms with E-state index in [9.17, 15) is 0 Å². The maximum absolute atomic E-state index is 4.88. The lowest BCUT2D eigenvalue weighted by Crippen LogP contribution is -2.16. The smallest absolute Gasteiger partial charge is 0.185 e. The van der Waals surface area contributed by atoms with Crippen molar-refractivity contribution in [2.24, 2.45) is 0 Å². The molecule has 5 heteroatoms. The molecule has 0 spiro atoms. The molecule has 0 radical (unpaired) electrons. The number of thiazole rings is 1. The highest BCUT2D eigenvalue weighted by Crippen LogP contribution is 2.32. The van der Waals surface area contributed by atoms with Crippen molar-refractivity contribution in [1.82, 2.24) is 15.3 Å². The van der Waals surface area contributed by atoms with Gasteiger partial charge in [0.25, 0.3) is 0 Å². The molecule has 1 atom stereocenters. The molecule has 0 fully saturated rings. The van der Waals surface area contributed by atoms with Crippen molar-refractivity contribution in [3.63, 3.8) is 0 Å². The first-order chi connectivity index (χ1) is 10.2. The van der Waals surface area contributed by atoms with Gasteiger partial charge in [0.2, 0.25) is 0 Å². The van der Waals surface area contributed by atoms with Gasteiger partial charge in [0.05, 0.1) is 5.69 Å². The minimum absolute atomic E-state index is 0.505. The standard InChI is InChI=1S/C16H24N4S/c1-5-12(2)15-14(10-17-3)21-16(19-15)20(4)11-13-7-6-8-18-9-13/h6-9,12,17H,5,10-11H2,1-4H3. The summed E-state index contributed by atoms with van der Waals surface area (Å²) in [6.07, 6.45) is 4.83. The Hall–Kier alpha value is -1.46. The van der Waals surface area contributed by atoms with Gasteiger partial charge in [-0.1, -0.05) is 19.9 Å². The SMILES string of the molecule is CCC(C)c1nc(N(C)Cc2cccnc2)sc1CNC. The van der Waals surface area contributed by atoms with Crippen LogP contribution in [0.2, 0.25) is 0 Å². The Kier molecular flexibility index (Phi) is 5.70. The van der Waals surface area contributed by atoms with E-state index in [0.29, 0.717) is 5.92 Å². The van der Waals surface area contributed by atoms with E-state index in [1.165, 1.54) is 16.1 Å². The lowest BCUT2D eigenvalue weighted by molar-refractivity contribution is 0.692. The number of hydrogen-bond acceptors (Lipinski definition) is 5. The van der Waals surface area contributed by atoms with E-state index in [1.807, 2.05) is 19.3 Å². The van der Waals surface area contributed by atoms with Crippen LogP contribution in [0.25, 0.3) is 0 Å². The van der Waals surface area contributed by atoms with Crippen LogP contribution in [0.1, 0.15) is 42.3 Å². The van der Waals surface area contributed by atoms with Crippen molar-refractivity contribution in [2.45, 2.75) is 39.3 Å². The van der Waals surface area contributed by atoms with E-state index in [0.717, 1.165) is 24.6 Å². The molecule has 0 amide bonds. The quantitative estimate of drug-likeness (QED) is 0.851. The highest BCUT2D eigenvalue weighted by molar-refractivity contribution is 7.15. The molecule has 0 saturated heterocycles. The van der Waals surface area contributed by atoms with E-state index in [-0.39, 0.29) is 0 Å². The molecule has 0 aromatic carbocycles. The average Bonchev–Trinajstić information content (AvgIpc) is 2.92. The molecule has 0 bridgehead atoms. The van der Waals surface area contributed by atoms with Crippen LogP contribution in [0.3, 0.4) is 0 Å². The minimum atomic E-state index is 0.505. The molecule has 1 N–H and O–H groups in total. The molecule has 114 valence electrons. The molecule has 21 heavy (non-hydrogen) atoms. The summed E-state index contributed by atoms with van der Waals surface area (Å²) in [5.41, 5.74) is 2.44. The molecule has 0 aliphatic carbocycles. The fourth-order valence-electron chi connectivity index (χ4n) is 2.21. The number of nitrogens with zero attached hydrogens (tertiary/aromatic N) is 3.